The standard InChI is InChI=1S/C12H21NO4/c1-2-3-4-5-11(14)13-6-7-17-9-10(13)8-12(15)16/h10H,2-9H2,1H3,(H,15,16). The summed E-state index contributed by atoms with van der Waals surface area (Å²) in [7, 11) is 0. The van der Waals surface area contributed by atoms with Crippen LogP contribution in [-0.4, -0.2) is 47.7 Å². The average molecular weight is 243 g/mol. The molecular formula is C12H21NO4. The van der Waals surface area contributed by atoms with Crippen LogP contribution in [0.15, 0.2) is 0 Å². The lowest BCUT2D eigenvalue weighted by molar-refractivity contribution is -0.146. The third-order valence-corrected chi connectivity index (χ3v) is 2.95. The molecule has 1 aliphatic heterocycles. The number of carbonyl (C=O) groups excluding carboxylic acids is 1. The molecule has 5 nitrogen and oxygen atoms in total. The Morgan fingerprint density at radius 2 is 2.18 bits per heavy atom. The fraction of sp³-hybridized carbons (Fsp3) is 0.833. The summed E-state index contributed by atoms with van der Waals surface area (Å²) in [6.07, 6.45) is 3.49. The highest BCUT2D eigenvalue weighted by Gasteiger charge is 2.28. The van der Waals surface area contributed by atoms with E-state index in [-0.39, 0.29) is 18.4 Å². The zero-order chi connectivity index (χ0) is 12.7. The first kappa shape index (κ1) is 14.0. The molecule has 98 valence electrons. The van der Waals surface area contributed by atoms with E-state index in [0.717, 1.165) is 19.3 Å². The average Bonchev–Trinajstić information content (AvgIpc) is 2.29. The molecular weight excluding hydrogens is 222 g/mol. The van der Waals surface area contributed by atoms with Crippen molar-refractivity contribution in [2.24, 2.45) is 0 Å². The van der Waals surface area contributed by atoms with Crippen molar-refractivity contribution in [2.75, 3.05) is 19.8 Å². The fourth-order valence-electron chi connectivity index (χ4n) is 2.02. The second-order valence-corrected chi connectivity index (χ2v) is 4.37. The Balaban J connectivity index is 2.45. The van der Waals surface area contributed by atoms with E-state index in [1.807, 2.05) is 0 Å². The molecule has 0 aromatic carbocycles. The van der Waals surface area contributed by atoms with Crippen LogP contribution >= 0.6 is 0 Å². The number of morpholine rings is 1. The van der Waals surface area contributed by atoms with Crippen LogP contribution in [0.4, 0.5) is 0 Å². The lowest BCUT2D eigenvalue weighted by atomic mass is 10.1. The number of nitrogens with zero attached hydrogens (tertiary/aromatic N) is 1. The van der Waals surface area contributed by atoms with Gasteiger partial charge in [0.05, 0.1) is 25.7 Å². The van der Waals surface area contributed by atoms with E-state index >= 15 is 0 Å². The molecule has 0 aromatic rings. The van der Waals surface area contributed by atoms with Crippen LogP contribution in [-0.2, 0) is 14.3 Å². The second-order valence-electron chi connectivity index (χ2n) is 4.37. The molecule has 0 radical (unpaired) electrons. The maximum absolute atomic E-state index is 11.9. The molecule has 1 fully saturated rings. The van der Waals surface area contributed by atoms with Gasteiger partial charge in [-0.15, -0.1) is 0 Å². The minimum Gasteiger partial charge on any atom is -0.481 e. The first-order chi connectivity index (χ1) is 8.15. The molecule has 0 aliphatic carbocycles. The Kier molecular flexibility index (Phi) is 5.97. The monoisotopic (exact) mass is 243 g/mol. The number of carbonyl (C=O) groups is 2. The molecule has 1 heterocycles. The highest BCUT2D eigenvalue weighted by molar-refractivity contribution is 5.77. The normalized spacial score (nSPS) is 20.3. The van der Waals surface area contributed by atoms with Crippen molar-refractivity contribution in [3.05, 3.63) is 0 Å². The van der Waals surface area contributed by atoms with Crippen LogP contribution in [0.3, 0.4) is 0 Å². The second kappa shape index (κ2) is 7.27. The predicted octanol–water partition coefficient (Wildman–Crippen LogP) is 1.27. The van der Waals surface area contributed by atoms with Crippen molar-refractivity contribution in [2.45, 2.75) is 45.1 Å². The summed E-state index contributed by atoms with van der Waals surface area (Å²) in [5.41, 5.74) is 0. The van der Waals surface area contributed by atoms with Crippen molar-refractivity contribution in [1.29, 1.82) is 0 Å². The molecule has 0 saturated carbocycles. The van der Waals surface area contributed by atoms with Crippen LogP contribution in [0.25, 0.3) is 0 Å². The maximum Gasteiger partial charge on any atom is 0.305 e. The summed E-state index contributed by atoms with van der Waals surface area (Å²) in [5, 5.41) is 8.79. The number of ether oxygens (including phenoxy) is 1. The van der Waals surface area contributed by atoms with Crippen LogP contribution in [0, 0.1) is 0 Å². The van der Waals surface area contributed by atoms with Gasteiger partial charge in [0.15, 0.2) is 0 Å². The molecule has 5 heteroatoms. The molecule has 1 saturated heterocycles. The highest BCUT2D eigenvalue weighted by Crippen LogP contribution is 2.13. The number of amides is 1. The van der Waals surface area contributed by atoms with Gasteiger partial charge in [-0.1, -0.05) is 19.8 Å². The Morgan fingerprint density at radius 1 is 1.41 bits per heavy atom. The van der Waals surface area contributed by atoms with Crippen LogP contribution in [0.1, 0.15) is 39.0 Å². The Morgan fingerprint density at radius 3 is 2.82 bits per heavy atom. The largest absolute Gasteiger partial charge is 0.481 e. The number of carboxylic acids is 1. The third kappa shape index (κ3) is 4.73. The van der Waals surface area contributed by atoms with Gasteiger partial charge in [0.25, 0.3) is 0 Å². The van der Waals surface area contributed by atoms with Gasteiger partial charge in [-0.25, -0.2) is 0 Å². The predicted molar refractivity (Wildman–Crippen MR) is 62.7 cm³/mol. The zero-order valence-corrected chi connectivity index (χ0v) is 10.4. The molecule has 1 rings (SSSR count). The minimum atomic E-state index is -0.883. The first-order valence-electron chi connectivity index (χ1n) is 6.24. The quantitative estimate of drug-likeness (QED) is 0.713. The van der Waals surface area contributed by atoms with E-state index in [9.17, 15) is 9.59 Å². The summed E-state index contributed by atoms with van der Waals surface area (Å²) in [6, 6.07) is -0.296. The van der Waals surface area contributed by atoms with Crippen molar-refractivity contribution < 1.29 is 19.4 Å². The zero-order valence-electron chi connectivity index (χ0n) is 10.4. The number of hydrogen-bond donors (Lipinski definition) is 1. The van der Waals surface area contributed by atoms with Gasteiger partial charge in [0, 0.05) is 13.0 Å². The van der Waals surface area contributed by atoms with E-state index in [1.165, 1.54) is 0 Å². The Labute approximate surface area is 102 Å². The lowest BCUT2D eigenvalue weighted by Crippen LogP contribution is -2.49. The van der Waals surface area contributed by atoms with Crippen LogP contribution in [0.2, 0.25) is 0 Å². The van der Waals surface area contributed by atoms with Gasteiger partial charge in [-0.3, -0.25) is 9.59 Å². The first-order valence-corrected chi connectivity index (χ1v) is 6.24. The van der Waals surface area contributed by atoms with Crippen molar-refractivity contribution >= 4 is 11.9 Å². The van der Waals surface area contributed by atoms with E-state index in [4.69, 9.17) is 9.84 Å². The fourth-order valence-corrected chi connectivity index (χ4v) is 2.02. The van der Waals surface area contributed by atoms with Gasteiger partial charge >= 0.3 is 5.97 Å². The summed E-state index contributed by atoms with van der Waals surface area (Å²) in [4.78, 5) is 24.3. The molecule has 1 N–H and O–H groups in total. The summed E-state index contributed by atoms with van der Waals surface area (Å²) in [5.74, 6) is -0.820. The number of unbranched alkanes of at least 4 members (excludes halogenated alkanes) is 2. The SMILES string of the molecule is CCCCCC(=O)N1CCOCC1CC(=O)O. The Hall–Kier alpha value is -1.10. The molecule has 1 atom stereocenters. The van der Waals surface area contributed by atoms with Crippen molar-refractivity contribution in [3.8, 4) is 0 Å². The molecule has 0 aromatic heterocycles. The molecule has 0 bridgehead atoms. The third-order valence-electron chi connectivity index (χ3n) is 2.95. The van der Waals surface area contributed by atoms with Gasteiger partial charge in [-0.05, 0) is 6.42 Å². The molecule has 1 aliphatic rings. The van der Waals surface area contributed by atoms with Crippen molar-refractivity contribution in [3.63, 3.8) is 0 Å². The summed E-state index contributed by atoms with van der Waals surface area (Å²) in [6.45, 7) is 3.46. The molecule has 1 amide bonds. The van der Waals surface area contributed by atoms with E-state index < -0.39 is 5.97 Å². The van der Waals surface area contributed by atoms with E-state index in [2.05, 4.69) is 6.92 Å². The smallest absolute Gasteiger partial charge is 0.305 e. The minimum absolute atomic E-state index is 0.0283. The highest BCUT2D eigenvalue weighted by atomic mass is 16.5. The molecule has 1 unspecified atom stereocenters. The van der Waals surface area contributed by atoms with E-state index in [1.54, 1.807) is 4.90 Å². The van der Waals surface area contributed by atoms with Gasteiger partial charge in [0.1, 0.15) is 0 Å². The van der Waals surface area contributed by atoms with Gasteiger partial charge < -0.3 is 14.7 Å². The molecule has 17 heavy (non-hydrogen) atoms. The van der Waals surface area contributed by atoms with Gasteiger partial charge in [0.2, 0.25) is 5.91 Å². The topological polar surface area (TPSA) is 66.8 Å². The summed E-state index contributed by atoms with van der Waals surface area (Å²) < 4.78 is 5.23. The number of carboxylic acid groups (broad SMARTS) is 1. The van der Waals surface area contributed by atoms with E-state index in [0.29, 0.717) is 26.2 Å². The summed E-state index contributed by atoms with van der Waals surface area (Å²) >= 11 is 0. The lowest BCUT2D eigenvalue weighted by Gasteiger charge is -2.35. The van der Waals surface area contributed by atoms with Crippen molar-refractivity contribution in [1.82, 2.24) is 4.90 Å². The Bertz CT molecular complexity index is 267. The number of hydrogen-bond acceptors (Lipinski definition) is 3. The maximum atomic E-state index is 11.9. The van der Waals surface area contributed by atoms with Crippen LogP contribution < -0.4 is 0 Å². The number of rotatable bonds is 6. The van der Waals surface area contributed by atoms with Crippen LogP contribution in [0.5, 0.6) is 0 Å². The molecule has 0 spiro atoms. The van der Waals surface area contributed by atoms with Gasteiger partial charge in [-0.2, -0.15) is 0 Å². The number of aliphatic carboxylic acids is 1.